The van der Waals surface area contributed by atoms with Crippen molar-refractivity contribution in [3.8, 4) is 0 Å². The standard InChI is InChI=1S/C15H25N3O.HI/c1-14(2)11-18(15(14,3)4)13(16-5)17-9-8-12-7-6-10-19-12;/h6-7,10H,8-9,11H2,1-5H3,(H,16,17);1H. The Labute approximate surface area is 139 Å². The predicted molar refractivity (Wildman–Crippen MR) is 93.8 cm³/mol. The normalized spacial score (nSPS) is 20.1. The van der Waals surface area contributed by atoms with Crippen molar-refractivity contribution in [2.75, 3.05) is 20.1 Å². The molecule has 1 aromatic rings. The Morgan fingerprint density at radius 2 is 2.10 bits per heavy atom. The third kappa shape index (κ3) is 3.13. The molecule has 20 heavy (non-hydrogen) atoms. The van der Waals surface area contributed by atoms with Crippen LogP contribution in [0.1, 0.15) is 33.5 Å². The van der Waals surface area contributed by atoms with Gasteiger partial charge in [0.05, 0.1) is 6.26 Å². The summed E-state index contributed by atoms with van der Waals surface area (Å²) in [6, 6.07) is 3.92. The molecule has 0 aromatic carbocycles. The lowest BCUT2D eigenvalue weighted by molar-refractivity contribution is -0.0666. The quantitative estimate of drug-likeness (QED) is 0.489. The number of rotatable bonds is 3. The van der Waals surface area contributed by atoms with Gasteiger partial charge in [-0.15, -0.1) is 24.0 Å². The van der Waals surface area contributed by atoms with Gasteiger partial charge in [-0.05, 0) is 26.0 Å². The molecule has 1 aromatic heterocycles. The van der Waals surface area contributed by atoms with Crippen molar-refractivity contribution >= 4 is 29.9 Å². The van der Waals surface area contributed by atoms with E-state index in [4.69, 9.17) is 4.42 Å². The number of aliphatic imine (C=N–C) groups is 1. The summed E-state index contributed by atoms with van der Waals surface area (Å²) in [6.45, 7) is 11.0. The lowest BCUT2D eigenvalue weighted by atomic mass is 9.65. The molecule has 2 heterocycles. The maximum absolute atomic E-state index is 5.33. The van der Waals surface area contributed by atoms with E-state index < -0.39 is 0 Å². The first-order chi connectivity index (χ1) is 8.88. The molecule has 4 nitrogen and oxygen atoms in total. The Morgan fingerprint density at radius 3 is 2.55 bits per heavy atom. The topological polar surface area (TPSA) is 40.8 Å². The minimum atomic E-state index is 0. The first-order valence-electron chi connectivity index (χ1n) is 6.89. The molecule has 1 N–H and O–H groups in total. The Morgan fingerprint density at radius 1 is 1.40 bits per heavy atom. The minimum absolute atomic E-state index is 0. The molecule has 5 heteroatoms. The Hall–Kier alpha value is -0.720. The number of likely N-dealkylation sites (tertiary alicyclic amines) is 1. The summed E-state index contributed by atoms with van der Waals surface area (Å²) < 4.78 is 5.33. The Kier molecular flexibility index (Phi) is 5.52. The molecular formula is C15H26IN3O. The number of halogens is 1. The summed E-state index contributed by atoms with van der Waals surface area (Å²) in [5.41, 5.74) is 0.463. The van der Waals surface area contributed by atoms with Gasteiger partial charge < -0.3 is 14.6 Å². The molecule has 0 spiro atoms. The van der Waals surface area contributed by atoms with Crippen LogP contribution in [-0.2, 0) is 6.42 Å². The van der Waals surface area contributed by atoms with Crippen molar-refractivity contribution in [3.05, 3.63) is 24.2 Å². The van der Waals surface area contributed by atoms with Crippen molar-refractivity contribution < 1.29 is 4.42 Å². The van der Waals surface area contributed by atoms with Crippen molar-refractivity contribution in [2.24, 2.45) is 10.4 Å². The Bertz CT molecular complexity index is 452. The van der Waals surface area contributed by atoms with Crippen LogP contribution in [-0.4, -0.2) is 36.5 Å². The van der Waals surface area contributed by atoms with E-state index in [0.29, 0.717) is 5.41 Å². The van der Waals surface area contributed by atoms with Gasteiger partial charge in [-0.1, -0.05) is 13.8 Å². The van der Waals surface area contributed by atoms with E-state index in [-0.39, 0.29) is 29.5 Å². The molecule has 2 rings (SSSR count). The van der Waals surface area contributed by atoms with Crippen LogP contribution in [0.25, 0.3) is 0 Å². The molecule has 0 amide bonds. The van der Waals surface area contributed by atoms with Crippen LogP contribution >= 0.6 is 24.0 Å². The average Bonchev–Trinajstić information content (AvgIpc) is 2.85. The summed E-state index contributed by atoms with van der Waals surface area (Å²) in [4.78, 5) is 6.73. The van der Waals surface area contributed by atoms with Gasteiger partial charge in [0.1, 0.15) is 5.76 Å². The fourth-order valence-corrected chi connectivity index (χ4v) is 2.45. The SMILES string of the molecule is CN=C(NCCc1ccco1)N1CC(C)(C)C1(C)C.I. The number of nitrogens with one attached hydrogen (secondary N) is 1. The van der Waals surface area contributed by atoms with E-state index in [1.165, 1.54) is 0 Å². The van der Waals surface area contributed by atoms with E-state index >= 15 is 0 Å². The van der Waals surface area contributed by atoms with Crippen molar-refractivity contribution in [1.29, 1.82) is 0 Å². The van der Waals surface area contributed by atoms with Crippen molar-refractivity contribution in [3.63, 3.8) is 0 Å². The first-order valence-corrected chi connectivity index (χ1v) is 6.89. The highest BCUT2D eigenvalue weighted by Crippen LogP contribution is 2.46. The van der Waals surface area contributed by atoms with E-state index in [1.807, 2.05) is 19.2 Å². The second kappa shape index (κ2) is 6.37. The van der Waals surface area contributed by atoms with Crippen molar-refractivity contribution in [1.82, 2.24) is 10.2 Å². The minimum Gasteiger partial charge on any atom is -0.469 e. The lowest BCUT2D eigenvalue weighted by Gasteiger charge is -2.62. The van der Waals surface area contributed by atoms with E-state index in [1.54, 1.807) is 6.26 Å². The molecule has 0 bridgehead atoms. The van der Waals surface area contributed by atoms with Gasteiger partial charge >= 0.3 is 0 Å². The molecule has 0 unspecified atom stereocenters. The molecule has 1 fully saturated rings. The first kappa shape index (κ1) is 17.3. The summed E-state index contributed by atoms with van der Waals surface area (Å²) in [6.07, 6.45) is 2.59. The van der Waals surface area contributed by atoms with Gasteiger partial charge in [-0.3, -0.25) is 4.99 Å². The van der Waals surface area contributed by atoms with E-state index in [9.17, 15) is 0 Å². The van der Waals surface area contributed by atoms with Crippen LogP contribution in [0.4, 0.5) is 0 Å². The van der Waals surface area contributed by atoms with Gasteiger partial charge in [0, 0.05) is 37.5 Å². The molecule has 0 atom stereocenters. The zero-order chi connectivity index (χ0) is 14.1. The van der Waals surface area contributed by atoms with Gasteiger partial charge in [-0.25, -0.2) is 0 Å². The molecule has 1 aliphatic heterocycles. The highest BCUT2D eigenvalue weighted by atomic mass is 127. The second-order valence-electron chi connectivity index (χ2n) is 6.33. The number of furan rings is 1. The third-order valence-electron chi connectivity index (χ3n) is 4.59. The second-order valence-corrected chi connectivity index (χ2v) is 6.33. The maximum atomic E-state index is 5.33. The lowest BCUT2D eigenvalue weighted by Crippen LogP contribution is -2.72. The largest absolute Gasteiger partial charge is 0.469 e. The fourth-order valence-electron chi connectivity index (χ4n) is 2.45. The van der Waals surface area contributed by atoms with Gasteiger partial charge in [0.2, 0.25) is 0 Å². The molecule has 0 radical (unpaired) electrons. The molecule has 1 saturated heterocycles. The fraction of sp³-hybridized carbons (Fsp3) is 0.667. The highest BCUT2D eigenvalue weighted by Gasteiger charge is 2.53. The number of guanidine groups is 1. The number of nitrogens with zero attached hydrogens (tertiary/aromatic N) is 2. The predicted octanol–water partition coefficient (Wildman–Crippen LogP) is 3.14. The van der Waals surface area contributed by atoms with Crippen LogP contribution in [0.2, 0.25) is 0 Å². The summed E-state index contributed by atoms with van der Waals surface area (Å²) in [7, 11) is 1.84. The Balaban J connectivity index is 0.00000200. The molecule has 1 aliphatic rings. The maximum Gasteiger partial charge on any atom is 0.194 e. The van der Waals surface area contributed by atoms with Gasteiger partial charge in [0.25, 0.3) is 0 Å². The van der Waals surface area contributed by atoms with Crippen LogP contribution in [0.15, 0.2) is 27.8 Å². The zero-order valence-corrected chi connectivity index (χ0v) is 15.4. The average molecular weight is 391 g/mol. The summed E-state index contributed by atoms with van der Waals surface area (Å²) >= 11 is 0. The van der Waals surface area contributed by atoms with E-state index in [2.05, 4.69) is 42.9 Å². The van der Waals surface area contributed by atoms with Crippen LogP contribution in [0.5, 0.6) is 0 Å². The van der Waals surface area contributed by atoms with Crippen LogP contribution < -0.4 is 5.32 Å². The van der Waals surface area contributed by atoms with Crippen LogP contribution in [0.3, 0.4) is 0 Å². The summed E-state index contributed by atoms with van der Waals surface area (Å²) in [5, 5.41) is 3.42. The molecular weight excluding hydrogens is 365 g/mol. The van der Waals surface area contributed by atoms with Gasteiger partial charge in [-0.2, -0.15) is 0 Å². The molecule has 0 aliphatic carbocycles. The van der Waals surface area contributed by atoms with Crippen LogP contribution in [0, 0.1) is 5.41 Å². The zero-order valence-electron chi connectivity index (χ0n) is 13.1. The number of hydrogen-bond acceptors (Lipinski definition) is 2. The molecule has 0 saturated carbocycles. The van der Waals surface area contributed by atoms with E-state index in [0.717, 1.165) is 31.2 Å². The molecule has 114 valence electrons. The van der Waals surface area contributed by atoms with Gasteiger partial charge in [0.15, 0.2) is 5.96 Å². The summed E-state index contributed by atoms with van der Waals surface area (Å²) in [5.74, 6) is 1.99. The monoisotopic (exact) mass is 391 g/mol. The highest BCUT2D eigenvalue weighted by molar-refractivity contribution is 14.0. The van der Waals surface area contributed by atoms with Crippen molar-refractivity contribution in [2.45, 2.75) is 39.7 Å². The third-order valence-corrected chi connectivity index (χ3v) is 4.59. The number of hydrogen-bond donors (Lipinski definition) is 1. The smallest absolute Gasteiger partial charge is 0.194 e.